The zero-order valence-electron chi connectivity index (χ0n) is 12.9. The zero-order valence-corrected chi connectivity index (χ0v) is 13.8. The lowest BCUT2D eigenvalue weighted by molar-refractivity contribution is -0.135. The van der Waals surface area contributed by atoms with Gasteiger partial charge in [0.05, 0.1) is 4.90 Å². The van der Waals surface area contributed by atoms with Crippen molar-refractivity contribution in [3.63, 3.8) is 0 Å². The number of benzene rings is 1. The van der Waals surface area contributed by atoms with E-state index in [0.29, 0.717) is 26.1 Å². The minimum Gasteiger partial charge on any atom is -0.341 e. The van der Waals surface area contributed by atoms with Crippen LogP contribution in [0.2, 0.25) is 0 Å². The Morgan fingerprint density at radius 2 is 1.61 bits per heavy atom. The van der Waals surface area contributed by atoms with Crippen molar-refractivity contribution < 1.29 is 17.6 Å². The number of likely N-dealkylation sites (tertiary alicyclic amines) is 1. The van der Waals surface area contributed by atoms with Gasteiger partial charge in [0, 0.05) is 19.6 Å². The molecule has 0 spiro atoms. The normalized spacial score (nSPS) is 23.2. The quantitative estimate of drug-likeness (QED) is 0.845. The van der Waals surface area contributed by atoms with Crippen LogP contribution in [-0.2, 0) is 14.8 Å². The second kappa shape index (κ2) is 6.57. The molecule has 2 fully saturated rings. The molecule has 0 saturated carbocycles. The third kappa shape index (κ3) is 3.26. The highest BCUT2D eigenvalue weighted by molar-refractivity contribution is 7.89. The SMILES string of the molecule is O=C([C@H]1CCCCN1S(=O)(=O)c1ccc(F)cc1)N1CCCC1. The average molecular weight is 340 g/mol. The Kier molecular flexibility index (Phi) is 4.68. The molecule has 2 saturated heterocycles. The first-order chi connectivity index (χ1) is 11.0. The summed E-state index contributed by atoms with van der Waals surface area (Å²) in [5.41, 5.74) is 0. The average Bonchev–Trinajstić information content (AvgIpc) is 3.09. The van der Waals surface area contributed by atoms with E-state index < -0.39 is 21.9 Å². The molecule has 0 radical (unpaired) electrons. The van der Waals surface area contributed by atoms with Gasteiger partial charge in [-0.3, -0.25) is 4.79 Å². The van der Waals surface area contributed by atoms with Crippen molar-refractivity contribution in [3.05, 3.63) is 30.1 Å². The predicted octanol–water partition coefficient (Wildman–Crippen LogP) is 1.99. The van der Waals surface area contributed by atoms with Gasteiger partial charge in [-0.1, -0.05) is 6.42 Å². The topological polar surface area (TPSA) is 57.7 Å². The van der Waals surface area contributed by atoms with Crippen LogP contribution >= 0.6 is 0 Å². The molecule has 23 heavy (non-hydrogen) atoms. The van der Waals surface area contributed by atoms with Crippen molar-refractivity contribution in [1.82, 2.24) is 9.21 Å². The summed E-state index contributed by atoms with van der Waals surface area (Å²) in [6.07, 6.45) is 4.09. The van der Waals surface area contributed by atoms with Crippen LogP contribution in [0.15, 0.2) is 29.2 Å². The summed E-state index contributed by atoms with van der Waals surface area (Å²) in [7, 11) is -3.78. The first kappa shape index (κ1) is 16.4. The maximum atomic E-state index is 13.1. The molecule has 5 nitrogen and oxygen atoms in total. The van der Waals surface area contributed by atoms with Crippen LogP contribution in [0, 0.1) is 5.82 Å². The van der Waals surface area contributed by atoms with Crippen LogP contribution in [-0.4, -0.2) is 49.2 Å². The fourth-order valence-corrected chi connectivity index (χ4v) is 4.98. The smallest absolute Gasteiger partial charge is 0.243 e. The van der Waals surface area contributed by atoms with Crippen LogP contribution in [0.5, 0.6) is 0 Å². The molecule has 2 aliphatic rings. The largest absolute Gasteiger partial charge is 0.341 e. The molecular weight excluding hydrogens is 319 g/mol. The molecule has 1 amide bonds. The van der Waals surface area contributed by atoms with Gasteiger partial charge in [0.15, 0.2) is 0 Å². The summed E-state index contributed by atoms with van der Waals surface area (Å²) in [5.74, 6) is -0.569. The number of nitrogens with zero attached hydrogens (tertiary/aromatic N) is 2. The number of hydrogen-bond donors (Lipinski definition) is 0. The predicted molar refractivity (Wildman–Crippen MR) is 83.7 cm³/mol. The molecular formula is C16H21FN2O3S. The number of rotatable bonds is 3. The first-order valence-electron chi connectivity index (χ1n) is 8.06. The second-order valence-electron chi connectivity index (χ2n) is 6.11. The lowest BCUT2D eigenvalue weighted by Crippen LogP contribution is -2.52. The summed E-state index contributed by atoms with van der Waals surface area (Å²) >= 11 is 0. The van der Waals surface area contributed by atoms with Gasteiger partial charge in [-0.15, -0.1) is 0 Å². The van der Waals surface area contributed by atoms with E-state index in [2.05, 4.69) is 0 Å². The molecule has 0 N–H and O–H groups in total. The first-order valence-corrected chi connectivity index (χ1v) is 9.50. The fraction of sp³-hybridized carbons (Fsp3) is 0.562. The highest BCUT2D eigenvalue weighted by Gasteiger charge is 2.39. The summed E-state index contributed by atoms with van der Waals surface area (Å²) in [4.78, 5) is 14.5. The van der Waals surface area contributed by atoms with Gasteiger partial charge in [0.25, 0.3) is 0 Å². The lowest BCUT2D eigenvalue weighted by atomic mass is 10.0. The van der Waals surface area contributed by atoms with E-state index in [-0.39, 0.29) is 10.8 Å². The Morgan fingerprint density at radius 1 is 1.00 bits per heavy atom. The molecule has 1 aromatic rings. The molecule has 0 unspecified atom stereocenters. The molecule has 0 bridgehead atoms. The lowest BCUT2D eigenvalue weighted by Gasteiger charge is -2.35. The standard InChI is InChI=1S/C16H21FN2O3S/c17-13-6-8-14(9-7-13)23(21,22)19-12-2-1-5-15(19)16(20)18-10-3-4-11-18/h6-9,15H,1-5,10-12H2/t15-/m1/s1. The Hall–Kier alpha value is -1.47. The van der Waals surface area contributed by atoms with E-state index in [1.54, 1.807) is 4.90 Å². The Labute approximate surface area is 136 Å². The number of carbonyl (C=O) groups excluding carboxylic acids is 1. The van der Waals surface area contributed by atoms with Gasteiger partial charge >= 0.3 is 0 Å². The number of carbonyl (C=O) groups is 1. The van der Waals surface area contributed by atoms with Crippen LogP contribution in [0.25, 0.3) is 0 Å². The Balaban J connectivity index is 1.88. The molecule has 7 heteroatoms. The van der Waals surface area contributed by atoms with E-state index in [9.17, 15) is 17.6 Å². The highest BCUT2D eigenvalue weighted by atomic mass is 32.2. The van der Waals surface area contributed by atoms with E-state index in [4.69, 9.17) is 0 Å². The summed E-state index contributed by atoms with van der Waals surface area (Å²) < 4.78 is 40.1. The van der Waals surface area contributed by atoms with Crippen molar-refractivity contribution in [2.24, 2.45) is 0 Å². The third-order valence-electron chi connectivity index (χ3n) is 4.58. The van der Waals surface area contributed by atoms with Gasteiger partial charge in [0.1, 0.15) is 11.9 Å². The van der Waals surface area contributed by atoms with Gasteiger partial charge in [0.2, 0.25) is 15.9 Å². The number of sulfonamides is 1. The van der Waals surface area contributed by atoms with Gasteiger partial charge < -0.3 is 4.90 Å². The van der Waals surface area contributed by atoms with Crippen molar-refractivity contribution in [1.29, 1.82) is 0 Å². The Morgan fingerprint density at radius 3 is 2.26 bits per heavy atom. The van der Waals surface area contributed by atoms with Gasteiger partial charge in [-0.25, -0.2) is 12.8 Å². The van der Waals surface area contributed by atoms with Crippen LogP contribution in [0.3, 0.4) is 0 Å². The summed E-state index contributed by atoms with van der Waals surface area (Å²) in [5, 5.41) is 0. The molecule has 1 atom stereocenters. The third-order valence-corrected chi connectivity index (χ3v) is 6.50. The van der Waals surface area contributed by atoms with Crippen molar-refractivity contribution in [3.8, 4) is 0 Å². The molecule has 2 aliphatic heterocycles. The highest BCUT2D eigenvalue weighted by Crippen LogP contribution is 2.27. The maximum absolute atomic E-state index is 13.1. The monoisotopic (exact) mass is 340 g/mol. The minimum absolute atomic E-state index is 0.0417. The molecule has 2 heterocycles. The number of hydrogen-bond acceptors (Lipinski definition) is 3. The Bertz CT molecular complexity index is 669. The van der Waals surface area contributed by atoms with Gasteiger partial charge in [-0.2, -0.15) is 4.31 Å². The number of halogens is 1. The molecule has 3 rings (SSSR count). The molecule has 0 aliphatic carbocycles. The van der Waals surface area contributed by atoms with Gasteiger partial charge in [-0.05, 0) is 49.9 Å². The van der Waals surface area contributed by atoms with Crippen molar-refractivity contribution in [2.75, 3.05) is 19.6 Å². The summed E-state index contributed by atoms with van der Waals surface area (Å²) in [6, 6.07) is 4.16. The van der Waals surface area contributed by atoms with Crippen LogP contribution in [0.4, 0.5) is 4.39 Å². The van der Waals surface area contributed by atoms with Crippen LogP contribution < -0.4 is 0 Å². The van der Waals surface area contributed by atoms with Crippen molar-refractivity contribution in [2.45, 2.75) is 43.0 Å². The van der Waals surface area contributed by atoms with E-state index in [1.165, 1.54) is 16.4 Å². The molecule has 1 aromatic carbocycles. The summed E-state index contributed by atoms with van der Waals surface area (Å²) in [6.45, 7) is 1.75. The zero-order chi connectivity index (χ0) is 16.4. The van der Waals surface area contributed by atoms with Crippen LogP contribution in [0.1, 0.15) is 32.1 Å². The van der Waals surface area contributed by atoms with E-state index >= 15 is 0 Å². The minimum atomic E-state index is -3.78. The molecule has 126 valence electrons. The maximum Gasteiger partial charge on any atom is 0.243 e. The van der Waals surface area contributed by atoms with Crippen molar-refractivity contribution >= 4 is 15.9 Å². The number of amides is 1. The number of piperidine rings is 1. The fourth-order valence-electron chi connectivity index (χ4n) is 3.33. The second-order valence-corrected chi connectivity index (χ2v) is 8.00. The molecule has 0 aromatic heterocycles. The van der Waals surface area contributed by atoms with E-state index in [0.717, 1.165) is 37.8 Å². The van der Waals surface area contributed by atoms with E-state index in [1.807, 2.05) is 0 Å².